The number of phosphoric acid groups is 1. The van der Waals surface area contributed by atoms with Gasteiger partial charge in [0, 0.05) is 12.8 Å². The summed E-state index contributed by atoms with van der Waals surface area (Å²) in [4.78, 5) is 38.2. The van der Waals surface area contributed by atoms with Gasteiger partial charge < -0.3 is 28.3 Å². The summed E-state index contributed by atoms with van der Waals surface area (Å²) >= 11 is 0. The molecular weight excluding hydrogens is 641 g/mol. The molecule has 10 heteroatoms. The van der Waals surface area contributed by atoms with Crippen LogP contribution in [0.2, 0.25) is 0 Å². The van der Waals surface area contributed by atoms with Gasteiger partial charge in [-0.15, -0.1) is 0 Å². The molecule has 0 aliphatic rings. The standard InChI is InChI=1S/C39H78NO8P/c1-5-7-9-11-13-15-17-19-21-23-25-27-29-31-38(41)45-35-37(36-47-49(43,44)46-34-33-40(3)4)48-39(42)32-30-28-26-24-22-20-18-16-14-12-10-8-6-2/h37H,5-36H2,1-4H3,(H,43,44). The van der Waals surface area contributed by atoms with Crippen molar-refractivity contribution in [2.75, 3.05) is 40.5 Å². The molecule has 0 aromatic heterocycles. The maximum Gasteiger partial charge on any atom is 0.306 e. The highest BCUT2D eigenvalue weighted by Crippen LogP contribution is 2.38. The highest BCUT2D eigenvalue weighted by Gasteiger charge is 2.21. The number of phosphoric ester groups is 1. The van der Waals surface area contributed by atoms with Crippen LogP contribution in [0.5, 0.6) is 0 Å². The third-order valence-electron chi connectivity index (χ3n) is 8.97. The zero-order valence-electron chi connectivity index (χ0n) is 32.4. The molecule has 0 radical (unpaired) electrons. The third-order valence-corrected chi connectivity index (χ3v) is 9.93. The first-order chi connectivity index (χ1) is 23.7. The van der Waals surface area contributed by atoms with Crippen LogP contribution in [0.1, 0.15) is 194 Å². The lowest BCUT2D eigenvalue weighted by Crippen LogP contribution is -3.06. The fraction of sp³-hybridized carbons (Fsp3) is 0.949. The molecule has 0 amide bonds. The minimum atomic E-state index is -4.58. The predicted octanol–water partition coefficient (Wildman–Crippen LogP) is 9.05. The Balaban J connectivity index is 4.30. The molecule has 0 bridgehead atoms. The number of quaternary nitrogens is 1. The van der Waals surface area contributed by atoms with E-state index in [0.717, 1.165) is 37.0 Å². The molecule has 0 aliphatic carbocycles. The number of ether oxygens (including phenoxy) is 2. The van der Waals surface area contributed by atoms with Crippen LogP contribution in [0.3, 0.4) is 0 Å². The fourth-order valence-electron chi connectivity index (χ4n) is 5.77. The van der Waals surface area contributed by atoms with Gasteiger partial charge in [-0.25, -0.2) is 0 Å². The van der Waals surface area contributed by atoms with Gasteiger partial charge in [0.25, 0.3) is 7.82 Å². The van der Waals surface area contributed by atoms with Gasteiger partial charge in [0.15, 0.2) is 6.10 Å². The number of hydrogen-bond acceptors (Lipinski definition) is 8. The van der Waals surface area contributed by atoms with Crippen molar-refractivity contribution in [2.45, 2.75) is 200 Å². The second-order valence-electron chi connectivity index (χ2n) is 14.3. The Morgan fingerprint density at radius 1 is 0.551 bits per heavy atom. The van der Waals surface area contributed by atoms with E-state index in [0.29, 0.717) is 13.0 Å². The zero-order valence-corrected chi connectivity index (χ0v) is 33.3. The lowest BCUT2D eigenvalue weighted by molar-refractivity contribution is -0.858. The van der Waals surface area contributed by atoms with E-state index < -0.39 is 26.5 Å². The summed E-state index contributed by atoms with van der Waals surface area (Å²) in [6.07, 6.45) is 31.2. The quantitative estimate of drug-likeness (QED) is 0.0382. The summed E-state index contributed by atoms with van der Waals surface area (Å²) in [6.45, 7) is 4.27. The Morgan fingerprint density at radius 3 is 1.31 bits per heavy atom. The average Bonchev–Trinajstić information content (AvgIpc) is 3.06. The van der Waals surface area contributed by atoms with Crippen LogP contribution in [0, 0.1) is 0 Å². The van der Waals surface area contributed by atoms with Crippen molar-refractivity contribution < 1.29 is 42.5 Å². The van der Waals surface area contributed by atoms with Crippen molar-refractivity contribution in [3.8, 4) is 0 Å². The second-order valence-corrected chi connectivity index (χ2v) is 15.7. The lowest BCUT2D eigenvalue weighted by atomic mass is 10.0. The molecule has 0 aliphatic heterocycles. The van der Waals surface area contributed by atoms with Crippen LogP contribution < -0.4 is 9.79 Å². The first-order valence-corrected chi connectivity index (χ1v) is 21.9. The van der Waals surface area contributed by atoms with Crippen molar-refractivity contribution in [3.63, 3.8) is 0 Å². The summed E-state index contributed by atoms with van der Waals surface area (Å²) in [5.41, 5.74) is 0. The number of carbonyl (C=O) groups is 2. The van der Waals surface area contributed by atoms with Gasteiger partial charge in [-0.05, 0) is 12.8 Å². The molecule has 292 valence electrons. The molecule has 0 saturated heterocycles. The number of rotatable bonds is 38. The summed E-state index contributed by atoms with van der Waals surface area (Å²) in [7, 11) is -0.808. The molecule has 0 spiro atoms. The van der Waals surface area contributed by atoms with Crippen molar-refractivity contribution in [3.05, 3.63) is 0 Å². The van der Waals surface area contributed by atoms with E-state index in [-0.39, 0.29) is 32.0 Å². The average molecular weight is 720 g/mol. The minimum Gasteiger partial charge on any atom is -0.756 e. The predicted molar refractivity (Wildman–Crippen MR) is 199 cm³/mol. The van der Waals surface area contributed by atoms with E-state index >= 15 is 0 Å². The number of hydrogen-bond donors (Lipinski definition) is 1. The minimum absolute atomic E-state index is 0.0132. The van der Waals surface area contributed by atoms with E-state index in [1.54, 1.807) is 0 Å². The smallest absolute Gasteiger partial charge is 0.306 e. The lowest BCUT2D eigenvalue weighted by Gasteiger charge is -2.25. The first-order valence-electron chi connectivity index (χ1n) is 20.4. The van der Waals surface area contributed by atoms with E-state index in [9.17, 15) is 19.0 Å². The van der Waals surface area contributed by atoms with E-state index in [2.05, 4.69) is 13.8 Å². The number of carbonyl (C=O) groups excluding carboxylic acids is 2. The topological polar surface area (TPSA) is 116 Å². The Labute approximate surface area is 301 Å². The van der Waals surface area contributed by atoms with E-state index in [1.807, 2.05) is 14.1 Å². The maximum absolute atomic E-state index is 12.6. The first kappa shape index (κ1) is 48.0. The molecule has 9 nitrogen and oxygen atoms in total. The summed E-state index contributed by atoms with van der Waals surface area (Å²) in [6, 6.07) is 0. The molecule has 0 saturated carbocycles. The molecule has 49 heavy (non-hydrogen) atoms. The number of nitrogens with one attached hydrogen (secondary N) is 1. The van der Waals surface area contributed by atoms with Crippen LogP contribution in [0.4, 0.5) is 0 Å². The van der Waals surface area contributed by atoms with Gasteiger partial charge in [-0.3, -0.25) is 14.2 Å². The summed E-state index contributed by atoms with van der Waals surface area (Å²) in [5.74, 6) is -0.821. The van der Waals surface area contributed by atoms with Gasteiger partial charge in [0.1, 0.15) is 19.8 Å². The Hall–Kier alpha value is -0.990. The van der Waals surface area contributed by atoms with Crippen molar-refractivity contribution in [1.82, 2.24) is 0 Å². The van der Waals surface area contributed by atoms with Crippen LogP contribution in [-0.4, -0.2) is 58.5 Å². The summed E-state index contributed by atoms with van der Waals surface area (Å²) in [5, 5.41) is 0. The molecule has 1 N–H and O–H groups in total. The summed E-state index contributed by atoms with van der Waals surface area (Å²) < 4.78 is 33.0. The van der Waals surface area contributed by atoms with Crippen LogP contribution in [0.25, 0.3) is 0 Å². The van der Waals surface area contributed by atoms with Gasteiger partial charge >= 0.3 is 11.9 Å². The Bertz CT molecular complexity index is 797. The molecule has 2 atom stereocenters. The van der Waals surface area contributed by atoms with Gasteiger partial charge in [0.05, 0.1) is 20.7 Å². The van der Waals surface area contributed by atoms with Crippen molar-refractivity contribution >= 4 is 19.8 Å². The second kappa shape index (κ2) is 35.4. The van der Waals surface area contributed by atoms with Crippen molar-refractivity contribution in [2.24, 2.45) is 0 Å². The molecule has 0 aromatic carbocycles. The molecule has 0 rings (SSSR count). The highest BCUT2D eigenvalue weighted by molar-refractivity contribution is 7.45. The Morgan fingerprint density at radius 2 is 0.918 bits per heavy atom. The van der Waals surface area contributed by atoms with E-state index in [1.165, 1.54) is 128 Å². The number of esters is 2. The van der Waals surface area contributed by atoms with Gasteiger partial charge in [-0.2, -0.15) is 0 Å². The highest BCUT2D eigenvalue weighted by atomic mass is 31.2. The van der Waals surface area contributed by atoms with E-state index in [4.69, 9.17) is 18.5 Å². The number of likely N-dealkylation sites (N-methyl/N-ethyl adjacent to an activating group) is 1. The molecule has 0 heterocycles. The molecular formula is C39H78NO8P. The third kappa shape index (κ3) is 36.6. The van der Waals surface area contributed by atoms with Crippen molar-refractivity contribution in [1.29, 1.82) is 0 Å². The Kier molecular flexibility index (Phi) is 34.7. The maximum atomic E-state index is 12.6. The monoisotopic (exact) mass is 720 g/mol. The van der Waals surface area contributed by atoms with Gasteiger partial charge in [-0.1, -0.05) is 168 Å². The largest absolute Gasteiger partial charge is 0.756 e. The number of unbranched alkanes of at least 4 members (excludes halogenated alkanes) is 24. The van der Waals surface area contributed by atoms with Gasteiger partial charge in [0.2, 0.25) is 0 Å². The SMILES string of the molecule is CCCCCCCCCCCCCCCC(=O)OCC(COP(=O)([O-])OCC[NH+](C)C)OC(=O)CCCCCCCCCCCCCCC. The molecule has 0 fully saturated rings. The normalized spacial score (nSPS) is 13.4. The fourth-order valence-corrected chi connectivity index (χ4v) is 6.50. The zero-order chi connectivity index (χ0) is 36.3. The molecule has 0 aromatic rings. The van der Waals surface area contributed by atoms with Crippen LogP contribution >= 0.6 is 7.82 Å². The van der Waals surface area contributed by atoms with Crippen LogP contribution in [0.15, 0.2) is 0 Å². The molecule has 2 unspecified atom stereocenters. The van der Waals surface area contributed by atoms with Crippen LogP contribution in [-0.2, 0) is 32.7 Å².